The van der Waals surface area contributed by atoms with Crippen molar-refractivity contribution in [2.45, 2.75) is 0 Å². The Kier molecular flexibility index (Phi) is 5.16. The van der Waals surface area contributed by atoms with Gasteiger partial charge in [-0.1, -0.05) is 24.3 Å². The van der Waals surface area contributed by atoms with Crippen molar-refractivity contribution in [3.8, 4) is 5.75 Å². The molecule has 126 valence electrons. The monoisotopic (exact) mass is 333 g/mol. The maximum Gasteiger partial charge on any atom is 0.323 e. The molecule has 0 saturated carbocycles. The Bertz CT molecular complexity index is 833. The number of carbonyl (C=O) groups is 1. The highest BCUT2D eigenvalue weighted by atomic mass is 16.5. The quantitative estimate of drug-likeness (QED) is 0.610. The van der Waals surface area contributed by atoms with Gasteiger partial charge in [-0.2, -0.15) is 0 Å². The number of hydrogen-bond acceptors (Lipinski definition) is 3. The first kappa shape index (κ1) is 16.4. The van der Waals surface area contributed by atoms with Crippen LogP contribution in [0.1, 0.15) is 0 Å². The second kappa shape index (κ2) is 7.88. The third-order valence-electron chi connectivity index (χ3n) is 3.53. The molecule has 3 N–H and O–H groups in total. The molecule has 2 amide bonds. The molecule has 0 fully saturated rings. The molecule has 5 heteroatoms. The normalized spacial score (nSPS) is 9.96. The molecule has 0 aliphatic carbocycles. The maximum atomic E-state index is 12.0. The van der Waals surface area contributed by atoms with Crippen LogP contribution in [0.3, 0.4) is 0 Å². The highest BCUT2D eigenvalue weighted by molar-refractivity contribution is 5.99. The molecular weight excluding hydrogens is 314 g/mol. The minimum absolute atomic E-state index is 0.278. The lowest BCUT2D eigenvalue weighted by molar-refractivity contribution is 0.262. The van der Waals surface area contributed by atoms with Crippen molar-refractivity contribution in [3.05, 3.63) is 78.9 Å². The zero-order chi connectivity index (χ0) is 17.5. The summed E-state index contributed by atoms with van der Waals surface area (Å²) in [6.45, 7) is 0. The second-order valence-corrected chi connectivity index (χ2v) is 5.38. The predicted octanol–water partition coefficient (Wildman–Crippen LogP) is 5.08. The number of urea groups is 1. The van der Waals surface area contributed by atoms with Crippen molar-refractivity contribution < 1.29 is 9.53 Å². The summed E-state index contributed by atoms with van der Waals surface area (Å²) in [6.07, 6.45) is 0. The summed E-state index contributed by atoms with van der Waals surface area (Å²) in [6, 6.07) is 24.2. The van der Waals surface area contributed by atoms with Gasteiger partial charge in [0, 0.05) is 28.8 Å². The minimum Gasteiger partial charge on any atom is -0.497 e. The van der Waals surface area contributed by atoms with Crippen molar-refractivity contribution in [3.63, 3.8) is 0 Å². The Morgan fingerprint density at radius 1 is 0.720 bits per heavy atom. The number of ether oxygens (including phenoxy) is 1. The summed E-state index contributed by atoms with van der Waals surface area (Å²) in [5, 5.41) is 8.87. The van der Waals surface area contributed by atoms with E-state index in [1.54, 1.807) is 7.11 Å². The van der Waals surface area contributed by atoms with Crippen molar-refractivity contribution in [2.24, 2.45) is 0 Å². The van der Waals surface area contributed by atoms with Crippen molar-refractivity contribution in [1.29, 1.82) is 0 Å². The third-order valence-corrected chi connectivity index (χ3v) is 3.53. The highest BCUT2D eigenvalue weighted by Gasteiger charge is 2.03. The molecule has 0 spiro atoms. The van der Waals surface area contributed by atoms with E-state index in [0.29, 0.717) is 5.69 Å². The van der Waals surface area contributed by atoms with Crippen LogP contribution >= 0.6 is 0 Å². The van der Waals surface area contributed by atoms with Crippen LogP contribution in [-0.4, -0.2) is 13.1 Å². The molecule has 0 aliphatic heterocycles. The first-order valence-electron chi connectivity index (χ1n) is 7.87. The van der Waals surface area contributed by atoms with E-state index in [0.717, 1.165) is 22.8 Å². The summed E-state index contributed by atoms with van der Waals surface area (Å²) in [4.78, 5) is 12.0. The van der Waals surface area contributed by atoms with Crippen LogP contribution in [0.5, 0.6) is 5.75 Å². The number of rotatable bonds is 5. The van der Waals surface area contributed by atoms with Gasteiger partial charge in [0.15, 0.2) is 0 Å². The summed E-state index contributed by atoms with van der Waals surface area (Å²) >= 11 is 0. The van der Waals surface area contributed by atoms with Gasteiger partial charge in [-0.3, -0.25) is 0 Å². The maximum absolute atomic E-state index is 12.0. The molecule has 3 aromatic rings. The van der Waals surface area contributed by atoms with Gasteiger partial charge in [-0.25, -0.2) is 4.79 Å². The number of anilines is 4. The fourth-order valence-corrected chi connectivity index (χ4v) is 2.32. The Hall–Kier alpha value is -3.47. The number of benzene rings is 3. The van der Waals surface area contributed by atoms with Crippen LogP contribution in [0.25, 0.3) is 0 Å². The number of methoxy groups -OCH3 is 1. The van der Waals surface area contributed by atoms with E-state index < -0.39 is 0 Å². The number of hydrogen-bond donors (Lipinski definition) is 3. The molecule has 0 aliphatic rings. The Balaban J connectivity index is 1.59. The fourth-order valence-electron chi connectivity index (χ4n) is 2.32. The van der Waals surface area contributed by atoms with E-state index in [1.165, 1.54) is 0 Å². The van der Waals surface area contributed by atoms with E-state index in [2.05, 4.69) is 16.0 Å². The molecule has 3 aromatic carbocycles. The van der Waals surface area contributed by atoms with Crippen LogP contribution in [0, 0.1) is 0 Å². The van der Waals surface area contributed by atoms with E-state index in [4.69, 9.17) is 4.74 Å². The van der Waals surface area contributed by atoms with Gasteiger partial charge in [0.1, 0.15) is 5.75 Å². The number of para-hydroxylation sites is 1. The molecule has 0 heterocycles. The number of nitrogens with one attached hydrogen (secondary N) is 3. The number of carbonyl (C=O) groups excluding carboxylic acids is 1. The topological polar surface area (TPSA) is 62.4 Å². The van der Waals surface area contributed by atoms with Gasteiger partial charge in [-0.05, 0) is 48.5 Å². The van der Waals surface area contributed by atoms with Crippen molar-refractivity contribution >= 4 is 28.8 Å². The average molecular weight is 333 g/mol. The molecule has 3 rings (SSSR count). The third kappa shape index (κ3) is 4.75. The summed E-state index contributed by atoms with van der Waals surface area (Å²) in [7, 11) is 1.64. The van der Waals surface area contributed by atoms with Crippen molar-refractivity contribution in [1.82, 2.24) is 0 Å². The lowest BCUT2D eigenvalue weighted by Crippen LogP contribution is -2.19. The highest BCUT2D eigenvalue weighted by Crippen LogP contribution is 2.22. The van der Waals surface area contributed by atoms with E-state index >= 15 is 0 Å². The van der Waals surface area contributed by atoms with Crippen LogP contribution in [0.2, 0.25) is 0 Å². The fraction of sp³-hybridized carbons (Fsp3) is 0.0500. The smallest absolute Gasteiger partial charge is 0.323 e. The molecule has 5 nitrogen and oxygen atoms in total. The van der Waals surface area contributed by atoms with Crippen LogP contribution in [-0.2, 0) is 0 Å². The molecule has 0 bridgehead atoms. The Morgan fingerprint density at radius 2 is 1.32 bits per heavy atom. The summed E-state index contributed by atoms with van der Waals surface area (Å²) in [5.74, 6) is 0.792. The zero-order valence-electron chi connectivity index (χ0n) is 13.8. The standard InChI is InChI=1S/C20H19N3O2/c1-25-19-9-5-8-18(14-19)21-16-10-12-17(13-11-16)23-20(24)22-15-6-3-2-4-7-15/h2-14,21H,1H3,(H2,22,23,24). The van der Waals surface area contributed by atoms with E-state index in [-0.39, 0.29) is 6.03 Å². The minimum atomic E-state index is -0.278. The lowest BCUT2D eigenvalue weighted by atomic mass is 10.2. The van der Waals surface area contributed by atoms with E-state index in [9.17, 15) is 4.79 Å². The van der Waals surface area contributed by atoms with Crippen LogP contribution < -0.4 is 20.7 Å². The summed E-state index contributed by atoms with van der Waals surface area (Å²) < 4.78 is 5.21. The molecule has 25 heavy (non-hydrogen) atoms. The van der Waals surface area contributed by atoms with Gasteiger partial charge in [0.2, 0.25) is 0 Å². The largest absolute Gasteiger partial charge is 0.497 e. The van der Waals surface area contributed by atoms with Gasteiger partial charge < -0.3 is 20.7 Å². The molecule has 0 atom stereocenters. The first-order valence-corrected chi connectivity index (χ1v) is 7.87. The zero-order valence-corrected chi connectivity index (χ0v) is 13.8. The van der Waals surface area contributed by atoms with Crippen LogP contribution in [0.15, 0.2) is 78.9 Å². The SMILES string of the molecule is COc1cccc(Nc2ccc(NC(=O)Nc3ccccc3)cc2)c1. The number of amides is 2. The average Bonchev–Trinajstić information content (AvgIpc) is 2.64. The molecule has 0 saturated heterocycles. The summed E-state index contributed by atoms with van der Waals surface area (Å²) in [5.41, 5.74) is 3.31. The molecular formula is C20H19N3O2. The lowest BCUT2D eigenvalue weighted by Gasteiger charge is -2.10. The van der Waals surface area contributed by atoms with Gasteiger partial charge >= 0.3 is 6.03 Å². The van der Waals surface area contributed by atoms with E-state index in [1.807, 2.05) is 78.9 Å². The van der Waals surface area contributed by atoms with Gasteiger partial charge in [0.25, 0.3) is 0 Å². The Labute approximate surface area is 146 Å². The molecule has 0 aromatic heterocycles. The van der Waals surface area contributed by atoms with Crippen LogP contribution in [0.4, 0.5) is 27.5 Å². The van der Waals surface area contributed by atoms with Crippen molar-refractivity contribution in [2.75, 3.05) is 23.1 Å². The Morgan fingerprint density at radius 3 is 2.00 bits per heavy atom. The predicted molar refractivity (Wildman–Crippen MR) is 102 cm³/mol. The first-order chi connectivity index (χ1) is 12.2. The molecule has 0 unspecified atom stereocenters. The molecule has 0 radical (unpaired) electrons. The van der Waals surface area contributed by atoms with Gasteiger partial charge in [0.05, 0.1) is 7.11 Å². The second-order valence-electron chi connectivity index (χ2n) is 5.38. The van der Waals surface area contributed by atoms with Gasteiger partial charge in [-0.15, -0.1) is 0 Å².